The van der Waals surface area contributed by atoms with Gasteiger partial charge in [0.25, 0.3) is 5.91 Å². The van der Waals surface area contributed by atoms with Gasteiger partial charge in [-0.1, -0.05) is 26.0 Å². The van der Waals surface area contributed by atoms with Gasteiger partial charge in [-0.25, -0.2) is 0 Å². The van der Waals surface area contributed by atoms with Crippen LogP contribution >= 0.6 is 0 Å². The van der Waals surface area contributed by atoms with E-state index in [1.54, 1.807) is 11.0 Å². The molecule has 0 radical (unpaired) electrons. The molecule has 1 aromatic carbocycles. The van der Waals surface area contributed by atoms with Gasteiger partial charge in [0.05, 0.1) is 6.54 Å². The predicted molar refractivity (Wildman–Crippen MR) is 88.2 cm³/mol. The third kappa shape index (κ3) is 4.65. The van der Waals surface area contributed by atoms with Crippen LogP contribution in [0.2, 0.25) is 0 Å². The molecule has 124 valence electrons. The zero-order chi connectivity index (χ0) is 16.8. The molecule has 1 fully saturated rings. The van der Waals surface area contributed by atoms with Gasteiger partial charge in [0, 0.05) is 30.5 Å². The normalized spacial score (nSPS) is 17.9. The summed E-state index contributed by atoms with van der Waals surface area (Å²) in [6.45, 7) is 5.19. The Balaban J connectivity index is 2.03. The van der Waals surface area contributed by atoms with Crippen molar-refractivity contribution in [2.24, 2.45) is 5.92 Å². The van der Waals surface area contributed by atoms with Crippen molar-refractivity contribution >= 4 is 18.1 Å². The van der Waals surface area contributed by atoms with E-state index in [-0.39, 0.29) is 30.1 Å². The van der Waals surface area contributed by atoms with Crippen molar-refractivity contribution in [1.82, 2.24) is 10.2 Å². The molecule has 5 heteroatoms. The van der Waals surface area contributed by atoms with E-state index >= 15 is 0 Å². The highest BCUT2D eigenvalue weighted by molar-refractivity contribution is 5.97. The number of Topliss-reactive ketones (excluding diaryl/α,β-unsaturated/α-hetero) is 1. The Bertz CT molecular complexity index is 583. The summed E-state index contributed by atoms with van der Waals surface area (Å²) in [4.78, 5) is 36.5. The number of rotatable bonds is 6. The highest BCUT2D eigenvalue weighted by atomic mass is 16.2. The number of benzene rings is 1. The summed E-state index contributed by atoms with van der Waals surface area (Å²) in [5, 5.41) is 2.68. The van der Waals surface area contributed by atoms with Gasteiger partial charge in [-0.05, 0) is 30.5 Å². The van der Waals surface area contributed by atoms with Gasteiger partial charge in [0.2, 0.25) is 6.41 Å². The smallest absolute Gasteiger partial charge is 0.251 e. The molecule has 23 heavy (non-hydrogen) atoms. The standard InChI is InChI=1S/C18H24N2O3/c1-13(2)17(22)10-19-18(23)15-6-3-5-14(9-15)16-7-4-8-20(11-16)12-21/h3,5-6,9,12-13,16H,4,7-8,10-11H2,1-2H3,(H,19,23). The van der Waals surface area contributed by atoms with Crippen LogP contribution in [-0.2, 0) is 9.59 Å². The summed E-state index contributed by atoms with van der Waals surface area (Å²) in [5.74, 6) is -0.0375. The second-order valence-electron chi connectivity index (χ2n) is 6.37. The summed E-state index contributed by atoms with van der Waals surface area (Å²) in [5.41, 5.74) is 1.63. The molecule has 0 aliphatic carbocycles. The third-order valence-corrected chi connectivity index (χ3v) is 4.29. The van der Waals surface area contributed by atoms with E-state index < -0.39 is 0 Å². The van der Waals surface area contributed by atoms with Gasteiger partial charge in [-0.2, -0.15) is 0 Å². The lowest BCUT2D eigenvalue weighted by molar-refractivity contribution is -0.121. The van der Waals surface area contributed by atoms with Crippen LogP contribution in [0.3, 0.4) is 0 Å². The topological polar surface area (TPSA) is 66.5 Å². The number of nitrogens with zero attached hydrogens (tertiary/aromatic N) is 1. The van der Waals surface area contributed by atoms with Gasteiger partial charge >= 0.3 is 0 Å². The van der Waals surface area contributed by atoms with Crippen LogP contribution in [0.1, 0.15) is 48.5 Å². The molecule has 1 aliphatic rings. The lowest BCUT2D eigenvalue weighted by Crippen LogP contribution is -2.33. The number of amides is 2. The number of likely N-dealkylation sites (tertiary alicyclic amines) is 1. The van der Waals surface area contributed by atoms with Crippen molar-refractivity contribution in [3.8, 4) is 0 Å². The number of carbonyl (C=O) groups excluding carboxylic acids is 3. The maximum atomic E-state index is 12.2. The van der Waals surface area contributed by atoms with E-state index in [1.165, 1.54) is 0 Å². The lowest BCUT2D eigenvalue weighted by Gasteiger charge is -2.30. The molecule has 0 aromatic heterocycles. The summed E-state index contributed by atoms with van der Waals surface area (Å²) >= 11 is 0. The molecule has 1 saturated heterocycles. The van der Waals surface area contributed by atoms with Crippen molar-refractivity contribution < 1.29 is 14.4 Å². The van der Waals surface area contributed by atoms with Crippen molar-refractivity contribution in [3.63, 3.8) is 0 Å². The highest BCUT2D eigenvalue weighted by Crippen LogP contribution is 2.26. The molecule has 1 aromatic rings. The highest BCUT2D eigenvalue weighted by Gasteiger charge is 2.21. The van der Waals surface area contributed by atoms with Crippen LogP contribution < -0.4 is 5.32 Å². The third-order valence-electron chi connectivity index (χ3n) is 4.29. The molecule has 1 unspecified atom stereocenters. The first-order chi connectivity index (χ1) is 11.0. The van der Waals surface area contributed by atoms with Gasteiger partial charge in [-0.15, -0.1) is 0 Å². The number of carbonyl (C=O) groups is 3. The van der Waals surface area contributed by atoms with Crippen LogP contribution in [0.25, 0.3) is 0 Å². The molecule has 1 heterocycles. The molecule has 0 spiro atoms. The lowest BCUT2D eigenvalue weighted by atomic mass is 9.90. The van der Waals surface area contributed by atoms with E-state index in [4.69, 9.17) is 0 Å². The fraction of sp³-hybridized carbons (Fsp3) is 0.500. The van der Waals surface area contributed by atoms with Crippen molar-refractivity contribution in [3.05, 3.63) is 35.4 Å². The van der Waals surface area contributed by atoms with Gasteiger partial charge in [-0.3, -0.25) is 14.4 Å². The predicted octanol–water partition coefficient (Wildman–Crippen LogP) is 1.98. The molecule has 5 nitrogen and oxygen atoms in total. The molecule has 2 rings (SSSR count). The minimum absolute atomic E-state index is 0.0170. The molecule has 1 atom stereocenters. The summed E-state index contributed by atoms with van der Waals surface area (Å²) < 4.78 is 0. The Morgan fingerprint density at radius 3 is 2.87 bits per heavy atom. The fourth-order valence-electron chi connectivity index (χ4n) is 2.78. The number of nitrogens with one attached hydrogen (secondary N) is 1. The van der Waals surface area contributed by atoms with Gasteiger partial charge in [0.15, 0.2) is 5.78 Å². The Hall–Kier alpha value is -2.17. The van der Waals surface area contributed by atoms with Crippen LogP contribution in [0.5, 0.6) is 0 Å². The van der Waals surface area contributed by atoms with E-state index in [9.17, 15) is 14.4 Å². The first-order valence-corrected chi connectivity index (χ1v) is 8.11. The SMILES string of the molecule is CC(C)C(=O)CNC(=O)c1cccc(C2CCCN(C=O)C2)c1. The van der Waals surface area contributed by atoms with E-state index in [0.29, 0.717) is 12.1 Å². The molecular weight excluding hydrogens is 292 g/mol. The van der Waals surface area contributed by atoms with Gasteiger partial charge < -0.3 is 10.2 Å². The van der Waals surface area contributed by atoms with Gasteiger partial charge in [0.1, 0.15) is 0 Å². The first-order valence-electron chi connectivity index (χ1n) is 8.11. The second kappa shape index (κ2) is 7.90. The summed E-state index contributed by atoms with van der Waals surface area (Å²) in [6.07, 6.45) is 2.88. The van der Waals surface area contributed by atoms with Crippen LogP contribution in [0.4, 0.5) is 0 Å². The summed E-state index contributed by atoms with van der Waals surface area (Å²) in [7, 11) is 0. The molecular formula is C18H24N2O3. The number of hydrogen-bond acceptors (Lipinski definition) is 3. The molecule has 1 aliphatic heterocycles. The average Bonchev–Trinajstić information content (AvgIpc) is 2.59. The second-order valence-corrected chi connectivity index (χ2v) is 6.37. The summed E-state index contributed by atoms with van der Waals surface area (Å²) in [6, 6.07) is 7.47. The molecule has 0 saturated carbocycles. The quantitative estimate of drug-likeness (QED) is 0.816. The van der Waals surface area contributed by atoms with E-state index in [1.807, 2.05) is 32.0 Å². The number of piperidine rings is 1. The minimum Gasteiger partial charge on any atom is -0.345 e. The van der Waals surface area contributed by atoms with Crippen molar-refractivity contribution in [1.29, 1.82) is 0 Å². The van der Waals surface area contributed by atoms with Crippen LogP contribution in [-0.4, -0.2) is 42.6 Å². The minimum atomic E-state index is -0.232. The van der Waals surface area contributed by atoms with E-state index in [2.05, 4.69) is 5.32 Å². The molecule has 1 N–H and O–H groups in total. The van der Waals surface area contributed by atoms with Crippen molar-refractivity contribution in [2.75, 3.05) is 19.6 Å². The van der Waals surface area contributed by atoms with Crippen LogP contribution in [0, 0.1) is 5.92 Å². The number of ketones is 1. The average molecular weight is 316 g/mol. The van der Waals surface area contributed by atoms with Crippen LogP contribution in [0.15, 0.2) is 24.3 Å². The monoisotopic (exact) mass is 316 g/mol. The fourth-order valence-corrected chi connectivity index (χ4v) is 2.78. The molecule has 0 bridgehead atoms. The Morgan fingerprint density at radius 1 is 1.39 bits per heavy atom. The largest absolute Gasteiger partial charge is 0.345 e. The Kier molecular flexibility index (Phi) is 5.90. The van der Waals surface area contributed by atoms with E-state index in [0.717, 1.165) is 31.4 Å². The first kappa shape index (κ1) is 17.2. The zero-order valence-corrected chi connectivity index (χ0v) is 13.7. The Morgan fingerprint density at radius 2 is 2.17 bits per heavy atom. The van der Waals surface area contributed by atoms with Crippen molar-refractivity contribution in [2.45, 2.75) is 32.6 Å². The zero-order valence-electron chi connectivity index (χ0n) is 13.7. The molecule has 2 amide bonds. The maximum Gasteiger partial charge on any atom is 0.251 e. The number of hydrogen-bond donors (Lipinski definition) is 1. The Labute approximate surface area is 137 Å². The maximum absolute atomic E-state index is 12.2.